The molecule has 1 aliphatic rings. The normalized spacial score (nSPS) is 16.4. The van der Waals surface area contributed by atoms with Crippen LogP contribution in [0.2, 0.25) is 0 Å². The highest BCUT2D eigenvalue weighted by Gasteiger charge is 2.32. The fourth-order valence-electron chi connectivity index (χ4n) is 3.35. The monoisotopic (exact) mass is 351 g/mol. The Bertz CT molecular complexity index is 977. The predicted molar refractivity (Wildman–Crippen MR) is 98.4 cm³/mol. The van der Waals surface area contributed by atoms with Crippen molar-refractivity contribution >= 4 is 23.3 Å². The van der Waals surface area contributed by atoms with Gasteiger partial charge in [0.05, 0.1) is 0 Å². The summed E-state index contributed by atoms with van der Waals surface area (Å²) < 4.78 is 1.79. The first-order valence-corrected chi connectivity index (χ1v) is 8.79. The van der Waals surface area contributed by atoms with Gasteiger partial charge in [0.25, 0.3) is 0 Å². The molecule has 0 radical (unpaired) electrons. The molecule has 0 unspecified atom stereocenters. The summed E-state index contributed by atoms with van der Waals surface area (Å²) in [5.74, 6) is 0.944. The number of hydrogen-bond donors (Lipinski definition) is 2. The molecule has 26 heavy (non-hydrogen) atoms. The fraction of sp³-hybridized carbons (Fsp3) is 0.389. The molecule has 0 saturated heterocycles. The summed E-state index contributed by atoms with van der Waals surface area (Å²) in [7, 11) is 0. The van der Waals surface area contributed by atoms with Crippen molar-refractivity contribution in [3.8, 4) is 0 Å². The predicted octanol–water partition coefficient (Wildman–Crippen LogP) is 2.43. The van der Waals surface area contributed by atoms with E-state index >= 15 is 0 Å². The topological polar surface area (TPSA) is 97.1 Å². The van der Waals surface area contributed by atoms with Gasteiger partial charge >= 0.3 is 0 Å². The fourth-order valence-corrected chi connectivity index (χ4v) is 3.35. The lowest BCUT2D eigenvalue weighted by Crippen LogP contribution is -2.23. The molecular weight excluding hydrogens is 330 g/mol. The van der Waals surface area contributed by atoms with E-state index in [1.54, 1.807) is 16.9 Å². The first kappa shape index (κ1) is 16.4. The van der Waals surface area contributed by atoms with Gasteiger partial charge in [-0.05, 0) is 31.9 Å². The van der Waals surface area contributed by atoms with Crippen LogP contribution in [0, 0.1) is 13.8 Å². The Labute approximate surface area is 151 Å². The Balaban J connectivity index is 1.80. The molecule has 1 aliphatic heterocycles. The number of aryl methyl sites for hydroxylation is 2. The molecule has 4 heterocycles. The Kier molecular flexibility index (Phi) is 4.02. The van der Waals surface area contributed by atoms with E-state index < -0.39 is 0 Å². The van der Waals surface area contributed by atoms with Crippen molar-refractivity contribution in [2.24, 2.45) is 0 Å². The van der Waals surface area contributed by atoms with E-state index in [1.165, 1.54) is 0 Å². The van der Waals surface area contributed by atoms with Crippen LogP contribution in [0.5, 0.6) is 0 Å². The number of carbonyl (C=O) groups excluding carboxylic acids is 1. The molecule has 3 aromatic heterocycles. The molecule has 4 rings (SSSR count). The summed E-state index contributed by atoms with van der Waals surface area (Å²) in [6.07, 6.45) is 4.90. The maximum atomic E-state index is 12.2. The van der Waals surface area contributed by atoms with Crippen LogP contribution >= 0.6 is 0 Å². The van der Waals surface area contributed by atoms with Crippen LogP contribution in [0.4, 0.5) is 11.8 Å². The number of anilines is 2. The van der Waals surface area contributed by atoms with E-state index in [1.807, 2.05) is 19.9 Å². The van der Waals surface area contributed by atoms with Gasteiger partial charge in [-0.15, -0.1) is 5.10 Å². The zero-order valence-corrected chi connectivity index (χ0v) is 15.1. The number of fused-ring (bicyclic) bond motifs is 3. The Morgan fingerprint density at radius 2 is 2.08 bits per heavy atom. The van der Waals surface area contributed by atoms with Gasteiger partial charge in [0.1, 0.15) is 0 Å². The number of rotatable bonds is 4. The van der Waals surface area contributed by atoms with E-state index in [0.29, 0.717) is 18.2 Å². The third-order valence-electron chi connectivity index (χ3n) is 4.53. The standard InChI is InChI=1S/C18H21N7O/c1-4-5-19-18-20-8-12(9-21-18)13-7-14(26)23-16-15(13)17-22-10(2)6-11(3)25(17)24-16/h6,8-9,13H,4-5,7H2,1-3H3,(H,19,20,21)(H,23,24,26)/t13-/m0/s1. The first-order valence-electron chi connectivity index (χ1n) is 8.79. The van der Waals surface area contributed by atoms with Gasteiger partial charge in [-0.2, -0.15) is 0 Å². The Morgan fingerprint density at radius 3 is 2.81 bits per heavy atom. The number of carbonyl (C=O) groups is 1. The molecule has 8 nitrogen and oxygen atoms in total. The van der Waals surface area contributed by atoms with Gasteiger partial charge in [-0.25, -0.2) is 19.5 Å². The second kappa shape index (κ2) is 6.36. The smallest absolute Gasteiger partial charge is 0.226 e. The highest BCUT2D eigenvalue weighted by atomic mass is 16.1. The summed E-state index contributed by atoms with van der Waals surface area (Å²) in [6, 6.07) is 1.97. The third-order valence-corrected chi connectivity index (χ3v) is 4.53. The van der Waals surface area contributed by atoms with Crippen molar-refractivity contribution in [2.45, 2.75) is 39.5 Å². The highest BCUT2D eigenvalue weighted by Crippen LogP contribution is 2.38. The first-order chi connectivity index (χ1) is 12.6. The average molecular weight is 351 g/mol. The SMILES string of the molecule is CCCNc1ncc([C@@H]2CC(=O)Nc3nn4c(C)cc(C)nc4c32)cn1. The second-order valence-electron chi connectivity index (χ2n) is 6.61. The quantitative estimate of drug-likeness (QED) is 0.749. The lowest BCUT2D eigenvalue weighted by atomic mass is 9.88. The van der Waals surface area contributed by atoms with Crippen molar-refractivity contribution in [2.75, 3.05) is 17.2 Å². The molecule has 0 bridgehead atoms. The molecule has 134 valence electrons. The second-order valence-corrected chi connectivity index (χ2v) is 6.61. The lowest BCUT2D eigenvalue weighted by molar-refractivity contribution is -0.116. The van der Waals surface area contributed by atoms with Crippen molar-refractivity contribution in [3.63, 3.8) is 0 Å². The van der Waals surface area contributed by atoms with Crippen LogP contribution in [0.3, 0.4) is 0 Å². The summed E-state index contributed by atoms with van der Waals surface area (Å²) in [5.41, 5.74) is 4.48. The summed E-state index contributed by atoms with van der Waals surface area (Å²) in [4.78, 5) is 25.7. The molecule has 2 N–H and O–H groups in total. The molecule has 0 fully saturated rings. The number of nitrogens with zero attached hydrogens (tertiary/aromatic N) is 5. The third kappa shape index (κ3) is 2.77. The number of aromatic nitrogens is 5. The number of amides is 1. The molecule has 0 aliphatic carbocycles. The van der Waals surface area contributed by atoms with Crippen LogP contribution in [-0.2, 0) is 4.79 Å². The maximum absolute atomic E-state index is 12.2. The van der Waals surface area contributed by atoms with E-state index in [9.17, 15) is 4.79 Å². The molecule has 8 heteroatoms. The summed E-state index contributed by atoms with van der Waals surface area (Å²) in [5, 5.41) is 10.6. The van der Waals surface area contributed by atoms with Gasteiger partial charge in [0.15, 0.2) is 11.5 Å². The van der Waals surface area contributed by atoms with E-state index in [4.69, 9.17) is 0 Å². The van der Waals surface area contributed by atoms with Crippen LogP contribution < -0.4 is 10.6 Å². The number of nitrogens with one attached hydrogen (secondary N) is 2. The largest absolute Gasteiger partial charge is 0.354 e. The van der Waals surface area contributed by atoms with Gasteiger partial charge < -0.3 is 10.6 Å². The van der Waals surface area contributed by atoms with E-state index in [-0.39, 0.29) is 11.8 Å². The van der Waals surface area contributed by atoms with Gasteiger partial charge in [-0.3, -0.25) is 4.79 Å². The molecule has 1 amide bonds. The van der Waals surface area contributed by atoms with Crippen molar-refractivity contribution in [1.29, 1.82) is 0 Å². The van der Waals surface area contributed by atoms with Crippen LogP contribution in [0.25, 0.3) is 5.65 Å². The van der Waals surface area contributed by atoms with Gasteiger partial charge in [-0.1, -0.05) is 6.92 Å². The van der Waals surface area contributed by atoms with Crippen molar-refractivity contribution in [1.82, 2.24) is 24.6 Å². The minimum atomic E-state index is -0.162. The molecule has 3 aromatic rings. The summed E-state index contributed by atoms with van der Waals surface area (Å²) in [6.45, 7) is 6.85. The van der Waals surface area contributed by atoms with Crippen molar-refractivity contribution < 1.29 is 4.79 Å². The summed E-state index contributed by atoms with van der Waals surface area (Å²) >= 11 is 0. The van der Waals surface area contributed by atoms with Crippen LogP contribution in [-0.4, -0.2) is 37.0 Å². The van der Waals surface area contributed by atoms with Crippen LogP contribution in [0.15, 0.2) is 18.5 Å². The minimum absolute atomic E-state index is 0.0616. The molecular formula is C18H21N7O. The molecule has 0 spiro atoms. The number of hydrogen-bond acceptors (Lipinski definition) is 6. The van der Waals surface area contributed by atoms with Gasteiger partial charge in [0.2, 0.25) is 11.9 Å². The molecule has 0 aromatic carbocycles. The Morgan fingerprint density at radius 1 is 1.31 bits per heavy atom. The van der Waals surface area contributed by atoms with Gasteiger partial charge in [0, 0.05) is 48.2 Å². The van der Waals surface area contributed by atoms with Crippen LogP contribution in [0.1, 0.15) is 48.2 Å². The Hall–Kier alpha value is -3.03. The highest BCUT2D eigenvalue weighted by molar-refractivity contribution is 5.95. The maximum Gasteiger partial charge on any atom is 0.226 e. The minimum Gasteiger partial charge on any atom is -0.354 e. The van der Waals surface area contributed by atoms with E-state index in [2.05, 4.69) is 37.6 Å². The average Bonchev–Trinajstić information content (AvgIpc) is 2.98. The molecule has 0 saturated carbocycles. The lowest BCUT2D eigenvalue weighted by Gasteiger charge is -2.21. The van der Waals surface area contributed by atoms with Crippen molar-refractivity contribution in [3.05, 3.63) is 41.0 Å². The van der Waals surface area contributed by atoms with E-state index in [0.717, 1.165) is 41.1 Å². The zero-order valence-electron chi connectivity index (χ0n) is 15.1. The molecule has 1 atom stereocenters. The zero-order chi connectivity index (χ0) is 18.3.